The molecule has 1 unspecified atom stereocenters. The summed E-state index contributed by atoms with van der Waals surface area (Å²) in [4.78, 5) is 3.70. The Labute approximate surface area is 78.7 Å². The molecule has 0 aliphatic heterocycles. The highest BCUT2D eigenvalue weighted by Gasteiger charge is 2.70. The van der Waals surface area contributed by atoms with Crippen molar-refractivity contribution in [3.05, 3.63) is 29.0 Å². The summed E-state index contributed by atoms with van der Waals surface area (Å²) in [6.45, 7) is 0. The van der Waals surface area contributed by atoms with Gasteiger partial charge in [0.05, 0.1) is 0 Å². The van der Waals surface area contributed by atoms with E-state index in [4.69, 9.17) is 17.3 Å². The molecule has 0 bridgehead atoms. The number of hydrogen-bond donors (Lipinski definition) is 1. The Morgan fingerprint density at radius 3 is 2.46 bits per heavy atom. The average molecular weight is 205 g/mol. The Hall–Kier alpha value is -0.740. The Bertz CT molecular complexity index is 339. The zero-order valence-corrected chi connectivity index (χ0v) is 7.35. The average Bonchev–Trinajstić information content (AvgIpc) is 2.53. The Kier molecular flexibility index (Phi) is 1.63. The van der Waals surface area contributed by atoms with Gasteiger partial charge in [0.25, 0.3) is 5.92 Å². The molecule has 1 aliphatic carbocycles. The molecular weight excluding hydrogens is 198 g/mol. The van der Waals surface area contributed by atoms with Gasteiger partial charge in [0.15, 0.2) is 0 Å². The quantitative estimate of drug-likeness (QED) is 0.710. The molecule has 1 aromatic heterocycles. The second-order valence-electron chi connectivity index (χ2n) is 3.22. The van der Waals surface area contributed by atoms with E-state index in [0.717, 1.165) is 0 Å². The second-order valence-corrected chi connectivity index (χ2v) is 3.61. The topological polar surface area (TPSA) is 38.9 Å². The molecule has 1 heterocycles. The van der Waals surface area contributed by atoms with Gasteiger partial charge in [-0.25, -0.2) is 13.8 Å². The lowest BCUT2D eigenvalue weighted by atomic mass is 10.1. The van der Waals surface area contributed by atoms with Crippen LogP contribution in [-0.4, -0.2) is 10.9 Å². The summed E-state index contributed by atoms with van der Waals surface area (Å²) in [5.41, 5.74) is 4.27. The normalized spacial score (nSPS) is 30.2. The summed E-state index contributed by atoms with van der Waals surface area (Å²) in [7, 11) is 0. The van der Waals surface area contributed by atoms with E-state index < -0.39 is 11.5 Å². The molecule has 0 aromatic carbocycles. The van der Waals surface area contributed by atoms with Crippen molar-refractivity contribution in [1.82, 2.24) is 4.98 Å². The van der Waals surface area contributed by atoms with Crippen LogP contribution < -0.4 is 5.73 Å². The molecule has 0 radical (unpaired) electrons. The molecule has 1 aliphatic rings. The lowest BCUT2D eigenvalue weighted by molar-refractivity contribution is 0.0890. The van der Waals surface area contributed by atoms with Gasteiger partial charge in [-0.15, -0.1) is 0 Å². The van der Waals surface area contributed by atoms with E-state index in [1.54, 1.807) is 0 Å². The van der Waals surface area contributed by atoms with Crippen LogP contribution in [0.5, 0.6) is 0 Å². The number of pyridine rings is 1. The van der Waals surface area contributed by atoms with Gasteiger partial charge in [-0.2, -0.15) is 0 Å². The van der Waals surface area contributed by atoms with Gasteiger partial charge in [-0.1, -0.05) is 17.7 Å². The van der Waals surface area contributed by atoms with Crippen LogP contribution in [0.25, 0.3) is 0 Å². The number of alkyl halides is 2. The Balaban J connectivity index is 2.34. The smallest absolute Gasteiger partial charge is 0.272 e. The van der Waals surface area contributed by atoms with Gasteiger partial charge in [-0.05, 0) is 11.6 Å². The zero-order valence-electron chi connectivity index (χ0n) is 6.60. The van der Waals surface area contributed by atoms with Crippen molar-refractivity contribution in [2.24, 2.45) is 5.73 Å². The minimum atomic E-state index is -2.80. The van der Waals surface area contributed by atoms with Crippen LogP contribution in [0.1, 0.15) is 12.0 Å². The maximum absolute atomic E-state index is 12.8. The van der Waals surface area contributed by atoms with Crippen LogP contribution in [-0.2, 0) is 5.54 Å². The number of halogens is 3. The summed E-state index contributed by atoms with van der Waals surface area (Å²) in [5, 5.41) is 0.274. The first-order valence-electron chi connectivity index (χ1n) is 3.74. The van der Waals surface area contributed by atoms with Crippen molar-refractivity contribution in [2.75, 3.05) is 0 Å². The van der Waals surface area contributed by atoms with Crippen molar-refractivity contribution in [3.8, 4) is 0 Å². The molecular formula is C8H7ClF2N2. The number of hydrogen-bond acceptors (Lipinski definition) is 2. The highest BCUT2D eigenvalue weighted by Crippen LogP contribution is 2.57. The van der Waals surface area contributed by atoms with Gasteiger partial charge >= 0.3 is 0 Å². The SMILES string of the molecule is NC1(c2ccc(Cl)nc2)CC1(F)F. The lowest BCUT2D eigenvalue weighted by Crippen LogP contribution is -2.27. The maximum Gasteiger partial charge on any atom is 0.272 e. The van der Waals surface area contributed by atoms with Crippen LogP contribution in [0.2, 0.25) is 5.15 Å². The monoisotopic (exact) mass is 204 g/mol. The van der Waals surface area contributed by atoms with Crippen molar-refractivity contribution in [1.29, 1.82) is 0 Å². The summed E-state index contributed by atoms with van der Waals surface area (Å²) in [5.74, 6) is -2.80. The predicted molar refractivity (Wildman–Crippen MR) is 44.7 cm³/mol. The molecule has 13 heavy (non-hydrogen) atoms. The third-order valence-electron chi connectivity index (χ3n) is 2.27. The Morgan fingerprint density at radius 2 is 2.08 bits per heavy atom. The van der Waals surface area contributed by atoms with E-state index in [-0.39, 0.29) is 11.6 Å². The van der Waals surface area contributed by atoms with Crippen molar-refractivity contribution < 1.29 is 8.78 Å². The molecule has 2 rings (SSSR count). The first-order valence-corrected chi connectivity index (χ1v) is 4.12. The number of rotatable bonds is 1. The van der Waals surface area contributed by atoms with Crippen molar-refractivity contribution in [2.45, 2.75) is 17.9 Å². The standard InChI is InChI=1S/C8H7ClF2N2/c9-6-2-1-5(3-13-6)7(12)4-8(7,10)11/h1-3H,4,12H2. The van der Waals surface area contributed by atoms with E-state index in [9.17, 15) is 8.78 Å². The third-order valence-corrected chi connectivity index (χ3v) is 2.49. The van der Waals surface area contributed by atoms with Crippen LogP contribution >= 0.6 is 11.6 Å². The summed E-state index contributed by atoms with van der Waals surface area (Å²) in [6, 6.07) is 2.94. The van der Waals surface area contributed by atoms with Crippen molar-refractivity contribution >= 4 is 11.6 Å². The van der Waals surface area contributed by atoms with Crippen LogP contribution in [0, 0.1) is 0 Å². The molecule has 70 valence electrons. The van der Waals surface area contributed by atoms with Gasteiger partial charge in [-0.3, -0.25) is 0 Å². The fourth-order valence-corrected chi connectivity index (χ4v) is 1.37. The molecule has 1 fully saturated rings. The predicted octanol–water partition coefficient (Wildman–Crippen LogP) is 1.93. The van der Waals surface area contributed by atoms with Crippen LogP contribution in [0.4, 0.5) is 8.78 Å². The fraction of sp³-hybridized carbons (Fsp3) is 0.375. The van der Waals surface area contributed by atoms with Gasteiger partial charge < -0.3 is 5.73 Å². The molecule has 2 N–H and O–H groups in total. The van der Waals surface area contributed by atoms with E-state index in [1.807, 2.05) is 0 Å². The van der Waals surface area contributed by atoms with Crippen molar-refractivity contribution in [3.63, 3.8) is 0 Å². The van der Waals surface area contributed by atoms with Crippen LogP contribution in [0.3, 0.4) is 0 Å². The van der Waals surface area contributed by atoms with Gasteiger partial charge in [0.1, 0.15) is 10.7 Å². The summed E-state index contributed by atoms with van der Waals surface area (Å²) < 4.78 is 25.6. The molecule has 1 aromatic rings. The molecule has 1 atom stereocenters. The van der Waals surface area contributed by atoms with E-state index in [1.165, 1.54) is 18.3 Å². The number of nitrogens with two attached hydrogens (primary N) is 1. The molecule has 2 nitrogen and oxygen atoms in total. The first kappa shape index (κ1) is 8.84. The zero-order chi connectivity index (χ0) is 9.69. The van der Waals surface area contributed by atoms with E-state index in [2.05, 4.69) is 4.98 Å². The molecule has 0 spiro atoms. The number of nitrogens with zero attached hydrogens (tertiary/aromatic N) is 1. The first-order chi connectivity index (χ1) is 5.96. The maximum atomic E-state index is 12.8. The Morgan fingerprint density at radius 1 is 1.46 bits per heavy atom. The second kappa shape index (κ2) is 2.39. The molecule has 0 amide bonds. The summed E-state index contributed by atoms with van der Waals surface area (Å²) >= 11 is 5.51. The van der Waals surface area contributed by atoms with Gasteiger partial charge in [0, 0.05) is 12.6 Å². The van der Waals surface area contributed by atoms with E-state index in [0.29, 0.717) is 5.56 Å². The molecule has 1 saturated carbocycles. The molecule has 5 heteroatoms. The summed E-state index contributed by atoms with van der Waals surface area (Å²) in [6.07, 6.45) is 0.979. The van der Waals surface area contributed by atoms with Gasteiger partial charge in [0.2, 0.25) is 0 Å². The highest BCUT2D eigenvalue weighted by atomic mass is 35.5. The largest absolute Gasteiger partial charge is 0.316 e. The fourth-order valence-electron chi connectivity index (χ4n) is 1.26. The third kappa shape index (κ3) is 1.21. The highest BCUT2D eigenvalue weighted by molar-refractivity contribution is 6.29. The lowest BCUT2D eigenvalue weighted by Gasteiger charge is -2.09. The van der Waals surface area contributed by atoms with E-state index >= 15 is 0 Å². The molecule has 0 saturated heterocycles. The minimum absolute atomic E-state index is 0.274. The minimum Gasteiger partial charge on any atom is -0.316 e. The number of aromatic nitrogens is 1. The van der Waals surface area contributed by atoms with Crippen LogP contribution in [0.15, 0.2) is 18.3 Å².